The van der Waals surface area contributed by atoms with Crippen LogP contribution in [0.4, 0.5) is 0 Å². The van der Waals surface area contributed by atoms with E-state index in [0.717, 1.165) is 13.2 Å². The van der Waals surface area contributed by atoms with Crippen molar-refractivity contribution >= 4 is 17.0 Å². The Bertz CT molecular complexity index is 280. The maximum atomic E-state index is 3.71. The molecule has 0 saturated carbocycles. The van der Waals surface area contributed by atoms with Crippen molar-refractivity contribution in [2.75, 3.05) is 13.2 Å². The number of nitrogens with one attached hydrogen (secondary N) is 1. The Balaban J connectivity index is 0.000000360. The third-order valence-electron chi connectivity index (χ3n) is 2.25. The van der Waals surface area contributed by atoms with E-state index in [1.807, 2.05) is 6.20 Å². The van der Waals surface area contributed by atoms with E-state index >= 15 is 0 Å². The van der Waals surface area contributed by atoms with Crippen LogP contribution in [0.2, 0.25) is 0 Å². The smallest absolute Gasteiger partial charge is 0.0935 e. The quantitative estimate of drug-likeness (QED) is 0.928. The number of nitrogens with zero attached hydrogens (tertiary/aromatic N) is 3. The highest BCUT2D eigenvalue weighted by atomic mass is 79.9. The van der Waals surface area contributed by atoms with E-state index in [1.54, 1.807) is 18.7 Å². The van der Waals surface area contributed by atoms with Gasteiger partial charge in [-0.05, 0) is 12.6 Å². The maximum Gasteiger partial charge on any atom is 0.0935 e. The molecule has 0 bridgehead atoms. The number of aromatic amines is 1. The van der Waals surface area contributed by atoms with Gasteiger partial charge in [0, 0.05) is 31.3 Å². The highest BCUT2D eigenvalue weighted by Gasteiger charge is 2.07. The largest absolute Gasteiger partial charge is 0.358 e. The Labute approximate surface area is 114 Å². The first-order chi connectivity index (χ1) is 7.86. The molecule has 1 aromatic heterocycles. The molecule has 1 aliphatic heterocycles. The van der Waals surface area contributed by atoms with Gasteiger partial charge in [0.25, 0.3) is 0 Å². The highest BCUT2D eigenvalue weighted by Crippen LogP contribution is 2.06. The monoisotopic (exact) mass is 300 g/mol. The predicted molar refractivity (Wildman–Crippen MR) is 76.6 cm³/mol. The van der Waals surface area contributed by atoms with Gasteiger partial charge in [-0.2, -0.15) is 0 Å². The second-order valence-electron chi connectivity index (χ2n) is 3.56. The summed E-state index contributed by atoms with van der Waals surface area (Å²) >= 11 is 0. The number of rotatable bonds is 4. The van der Waals surface area contributed by atoms with Crippen LogP contribution in [0.5, 0.6) is 0 Å². The van der Waals surface area contributed by atoms with Crippen LogP contribution in [0.15, 0.2) is 43.9 Å². The molecule has 2 rings (SSSR count). The van der Waals surface area contributed by atoms with Gasteiger partial charge in [0.05, 0.1) is 13.0 Å². The second kappa shape index (κ2) is 9.96. The highest BCUT2D eigenvalue weighted by molar-refractivity contribution is 8.93. The summed E-state index contributed by atoms with van der Waals surface area (Å²) in [5, 5.41) is 0. The van der Waals surface area contributed by atoms with E-state index in [4.69, 9.17) is 0 Å². The molecule has 1 aromatic rings. The molecule has 0 aromatic carbocycles. The summed E-state index contributed by atoms with van der Waals surface area (Å²) in [6.07, 6.45) is 13.6. The van der Waals surface area contributed by atoms with Crippen LogP contribution in [0.3, 0.4) is 0 Å². The lowest BCUT2D eigenvalue weighted by molar-refractivity contribution is 0.310. The first kappa shape index (κ1) is 15.8. The average molecular weight is 301 g/mol. The van der Waals surface area contributed by atoms with E-state index in [9.17, 15) is 0 Å². The minimum Gasteiger partial charge on any atom is -0.358 e. The Morgan fingerprint density at radius 1 is 1.47 bits per heavy atom. The molecule has 0 unspecified atom stereocenters. The molecule has 0 amide bonds. The number of halogens is 1. The topological polar surface area (TPSA) is 35.2 Å². The zero-order chi connectivity index (χ0) is 11.6. The van der Waals surface area contributed by atoms with Gasteiger partial charge in [-0.25, -0.2) is 4.98 Å². The van der Waals surface area contributed by atoms with Crippen molar-refractivity contribution in [1.82, 2.24) is 19.8 Å². The molecular weight excluding hydrogens is 280 g/mol. The zero-order valence-electron chi connectivity index (χ0n) is 10.2. The summed E-state index contributed by atoms with van der Waals surface area (Å²) in [5.41, 5.74) is 0. The second-order valence-corrected chi connectivity index (χ2v) is 3.56. The summed E-state index contributed by atoms with van der Waals surface area (Å²) in [7, 11) is 0. The van der Waals surface area contributed by atoms with Gasteiger partial charge in [0.15, 0.2) is 0 Å². The minimum atomic E-state index is 0. The lowest BCUT2D eigenvalue weighted by Crippen LogP contribution is -2.22. The van der Waals surface area contributed by atoms with Gasteiger partial charge < -0.3 is 14.8 Å². The van der Waals surface area contributed by atoms with Gasteiger partial charge in [0.2, 0.25) is 0 Å². The van der Waals surface area contributed by atoms with Gasteiger partial charge in [-0.1, -0.05) is 19.9 Å². The molecule has 0 radical (unpaired) electrons. The number of hydrogen-bond acceptors (Lipinski definition) is 3. The van der Waals surface area contributed by atoms with Crippen molar-refractivity contribution < 1.29 is 0 Å². The van der Waals surface area contributed by atoms with E-state index < -0.39 is 0 Å². The van der Waals surface area contributed by atoms with Gasteiger partial charge in [-0.15, -0.1) is 17.0 Å². The third kappa shape index (κ3) is 6.84. The summed E-state index contributed by atoms with van der Waals surface area (Å²) < 4.78 is 0. The number of imidazole rings is 1. The number of aromatic nitrogens is 2. The lowest BCUT2D eigenvalue weighted by Gasteiger charge is -2.17. The van der Waals surface area contributed by atoms with E-state index in [1.165, 1.54) is 12.8 Å². The fraction of sp³-hybridized carbons (Fsp3) is 0.417. The first-order valence-electron chi connectivity index (χ1n) is 5.60. The Kier molecular flexibility index (Phi) is 9.24. The molecule has 0 fully saturated rings. The van der Waals surface area contributed by atoms with Gasteiger partial charge >= 0.3 is 0 Å². The van der Waals surface area contributed by atoms with Gasteiger partial charge in [-0.3, -0.25) is 0 Å². The minimum absolute atomic E-state index is 0. The maximum absolute atomic E-state index is 3.71. The van der Waals surface area contributed by atoms with E-state index in [0.29, 0.717) is 0 Å². The summed E-state index contributed by atoms with van der Waals surface area (Å²) in [6, 6.07) is 0. The Hall–Kier alpha value is -1.23. The average Bonchev–Trinajstić information content (AvgIpc) is 3.00. The van der Waals surface area contributed by atoms with Crippen molar-refractivity contribution in [3.05, 3.63) is 43.9 Å². The van der Waals surface area contributed by atoms with Crippen LogP contribution >= 0.6 is 17.0 Å². The molecule has 4 nitrogen and oxygen atoms in total. The molecule has 1 N–H and O–H groups in total. The number of unbranched alkanes of at least 4 members (excludes halogenated alkanes) is 1. The van der Waals surface area contributed by atoms with Crippen LogP contribution in [-0.2, 0) is 0 Å². The molecule has 0 spiro atoms. The normalized spacial score (nSPS) is 12.8. The standard InChI is InChI=1S/C9H16N2.C3H4N2.BrH/c1-3-5-6-11-8-7-10(4-2)9-11;1-2-5-3-4-1;/h4,7-8H,2-3,5-6,9H2,1H3;1-3H,(H,4,5);1H. The van der Waals surface area contributed by atoms with Crippen molar-refractivity contribution in [2.24, 2.45) is 0 Å². The Morgan fingerprint density at radius 2 is 2.29 bits per heavy atom. The van der Waals surface area contributed by atoms with Crippen LogP contribution in [0.1, 0.15) is 19.8 Å². The molecule has 5 heteroatoms. The number of H-pyrrole nitrogens is 1. The van der Waals surface area contributed by atoms with Crippen LogP contribution in [0, 0.1) is 0 Å². The van der Waals surface area contributed by atoms with Crippen molar-refractivity contribution in [3.8, 4) is 0 Å². The van der Waals surface area contributed by atoms with Crippen LogP contribution in [-0.4, -0.2) is 33.0 Å². The zero-order valence-corrected chi connectivity index (χ0v) is 12.0. The molecule has 1 aliphatic rings. The molecule has 17 heavy (non-hydrogen) atoms. The molecule has 0 atom stereocenters. The van der Waals surface area contributed by atoms with Gasteiger partial charge in [0.1, 0.15) is 0 Å². The summed E-state index contributed by atoms with van der Waals surface area (Å²) in [6.45, 7) is 8.06. The molecule has 96 valence electrons. The summed E-state index contributed by atoms with van der Waals surface area (Å²) in [4.78, 5) is 10.8. The van der Waals surface area contributed by atoms with Crippen LogP contribution < -0.4 is 0 Å². The van der Waals surface area contributed by atoms with Crippen molar-refractivity contribution in [2.45, 2.75) is 19.8 Å². The van der Waals surface area contributed by atoms with E-state index in [-0.39, 0.29) is 17.0 Å². The Morgan fingerprint density at radius 3 is 2.71 bits per heavy atom. The first-order valence-corrected chi connectivity index (χ1v) is 5.60. The SMILES string of the molecule is Br.C=CN1C=CN(CCCC)C1.c1c[nH]cn1. The molecule has 0 aliphatic carbocycles. The van der Waals surface area contributed by atoms with E-state index in [2.05, 4.69) is 45.7 Å². The fourth-order valence-electron chi connectivity index (χ4n) is 1.32. The third-order valence-corrected chi connectivity index (χ3v) is 2.25. The summed E-state index contributed by atoms with van der Waals surface area (Å²) in [5.74, 6) is 0. The number of hydrogen-bond donors (Lipinski definition) is 1. The molecular formula is C12H21BrN4. The van der Waals surface area contributed by atoms with Crippen molar-refractivity contribution in [3.63, 3.8) is 0 Å². The van der Waals surface area contributed by atoms with Crippen molar-refractivity contribution in [1.29, 1.82) is 0 Å². The predicted octanol–water partition coefficient (Wildman–Crippen LogP) is 2.96. The fourth-order valence-corrected chi connectivity index (χ4v) is 1.32. The molecule has 2 heterocycles. The van der Waals surface area contributed by atoms with Crippen LogP contribution in [0.25, 0.3) is 0 Å². The molecule has 0 saturated heterocycles. The lowest BCUT2D eigenvalue weighted by atomic mass is 10.3.